The highest BCUT2D eigenvalue weighted by Crippen LogP contribution is 2.26. The Morgan fingerprint density at radius 3 is 3.00 bits per heavy atom. The molecule has 4 N–H and O–H groups in total. The third kappa shape index (κ3) is 2.31. The number of nitrogens with two attached hydrogens (primary N) is 1. The Bertz CT molecular complexity index is 406. The van der Waals surface area contributed by atoms with E-state index in [9.17, 15) is 9.90 Å². The van der Waals surface area contributed by atoms with Gasteiger partial charge in [0, 0.05) is 25.3 Å². The predicted molar refractivity (Wildman–Crippen MR) is 63.6 cm³/mol. The van der Waals surface area contributed by atoms with E-state index in [4.69, 9.17) is 5.73 Å². The van der Waals surface area contributed by atoms with E-state index in [0.29, 0.717) is 18.9 Å². The molecule has 1 saturated heterocycles. The number of amides is 1. The molecule has 1 amide bonds. The minimum absolute atomic E-state index is 0.0604. The van der Waals surface area contributed by atoms with Crippen LogP contribution in [0, 0.1) is 0 Å². The zero-order chi connectivity index (χ0) is 12.4. The third-order valence-corrected chi connectivity index (χ3v) is 3.02. The standard InChI is InChI=1S/C11H16N4O2/c1-7-10(8-2-3-9(12)14-6-8)15(11(16)17)5-4-13-7/h2-3,6-7,10,13H,4-5H2,1H3,(H2,12,14)(H,16,17). The van der Waals surface area contributed by atoms with Gasteiger partial charge in [0.15, 0.2) is 0 Å². The largest absolute Gasteiger partial charge is 0.465 e. The summed E-state index contributed by atoms with van der Waals surface area (Å²) in [5.74, 6) is 0.437. The smallest absolute Gasteiger partial charge is 0.407 e. The molecule has 92 valence electrons. The van der Waals surface area contributed by atoms with Crippen LogP contribution in [0.25, 0.3) is 0 Å². The molecule has 1 aromatic heterocycles. The second-order valence-electron chi connectivity index (χ2n) is 4.18. The fourth-order valence-electron chi connectivity index (χ4n) is 2.21. The lowest BCUT2D eigenvalue weighted by Crippen LogP contribution is -2.53. The average Bonchev–Trinajstić information content (AvgIpc) is 2.30. The van der Waals surface area contributed by atoms with Gasteiger partial charge in [0.1, 0.15) is 5.82 Å². The Kier molecular flexibility index (Phi) is 3.14. The second kappa shape index (κ2) is 4.58. The third-order valence-electron chi connectivity index (χ3n) is 3.02. The number of pyridine rings is 1. The van der Waals surface area contributed by atoms with Gasteiger partial charge in [-0.1, -0.05) is 6.07 Å². The molecule has 2 heterocycles. The Hall–Kier alpha value is -1.82. The van der Waals surface area contributed by atoms with Crippen molar-refractivity contribution in [3.8, 4) is 0 Å². The van der Waals surface area contributed by atoms with Crippen molar-refractivity contribution in [3.63, 3.8) is 0 Å². The summed E-state index contributed by atoms with van der Waals surface area (Å²) in [6.45, 7) is 3.12. The second-order valence-corrected chi connectivity index (χ2v) is 4.18. The molecule has 1 aliphatic rings. The molecule has 2 atom stereocenters. The maximum Gasteiger partial charge on any atom is 0.407 e. The first-order valence-electron chi connectivity index (χ1n) is 5.54. The van der Waals surface area contributed by atoms with E-state index in [2.05, 4.69) is 10.3 Å². The highest BCUT2D eigenvalue weighted by Gasteiger charge is 2.32. The fraction of sp³-hybridized carbons (Fsp3) is 0.455. The molecule has 1 aliphatic heterocycles. The van der Waals surface area contributed by atoms with E-state index >= 15 is 0 Å². The molecule has 1 fully saturated rings. The summed E-state index contributed by atoms with van der Waals surface area (Å²) < 4.78 is 0. The first kappa shape index (κ1) is 11.7. The lowest BCUT2D eigenvalue weighted by Gasteiger charge is -2.39. The molecule has 17 heavy (non-hydrogen) atoms. The Balaban J connectivity index is 2.31. The molecule has 6 heteroatoms. The van der Waals surface area contributed by atoms with Crippen LogP contribution in [-0.4, -0.2) is 40.2 Å². The summed E-state index contributed by atoms with van der Waals surface area (Å²) in [7, 11) is 0. The molecule has 0 aromatic carbocycles. The van der Waals surface area contributed by atoms with Crippen LogP contribution in [0.4, 0.5) is 10.6 Å². The van der Waals surface area contributed by atoms with Gasteiger partial charge in [0.25, 0.3) is 0 Å². The molecule has 2 rings (SSSR count). The zero-order valence-corrected chi connectivity index (χ0v) is 9.63. The van der Waals surface area contributed by atoms with Gasteiger partial charge in [0.2, 0.25) is 0 Å². The van der Waals surface area contributed by atoms with E-state index in [0.717, 1.165) is 5.56 Å². The first-order valence-corrected chi connectivity index (χ1v) is 5.54. The summed E-state index contributed by atoms with van der Waals surface area (Å²) >= 11 is 0. The van der Waals surface area contributed by atoms with Gasteiger partial charge < -0.3 is 16.2 Å². The highest BCUT2D eigenvalue weighted by molar-refractivity contribution is 5.66. The zero-order valence-electron chi connectivity index (χ0n) is 9.63. The van der Waals surface area contributed by atoms with E-state index in [1.807, 2.05) is 13.0 Å². The summed E-state index contributed by atoms with van der Waals surface area (Å²) in [4.78, 5) is 16.7. The fourth-order valence-corrected chi connectivity index (χ4v) is 2.21. The number of carbonyl (C=O) groups is 1. The van der Waals surface area contributed by atoms with E-state index in [-0.39, 0.29) is 12.1 Å². The summed E-state index contributed by atoms with van der Waals surface area (Å²) in [6.07, 6.45) is 0.736. The monoisotopic (exact) mass is 236 g/mol. The molecule has 0 radical (unpaired) electrons. The van der Waals surface area contributed by atoms with Crippen molar-refractivity contribution in [2.45, 2.75) is 19.0 Å². The van der Waals surface area contributed by atoms with Gasteiger partial charge in [-0.15, -0.1) is 0 Å². The average molecular weight is 236 g/mol. The van der Waals surface area contributed by atoms with E-state index < -0.39 is 6.09 Å². The van der Waals surface area contributed by atoms with E-state index in [1.165, 1.54) is 4.90 Å². The molecule has 6 nitrogen and oxygen atoms in total. The summed E-state index contributed by atoms with van der Waals surface area (Å²) in [5.41, 5.74) is 6.39. The van der Waals surface area contributed by atoms with Gasteiger partial charge in [-0.05, 0) is 18.6 Å². The molecule has 0 aliphatic carbocycles. The number of nitrogen functional groups attached to an aromatic ring is 1. The maximum atomic E-state index is 11.2. The predicted octanol–water partition coefficient (Wildman–Crippen LogP) is 0.677. The Morgan fingerprint density at radius 2 is 2.41 bits per heavy atom. The Morgan fingerprint density at radius 1 is 1.65 bits per heavy atom. The van der Waals surface area contributed by atoms with Gasteiger partial charge >= 0.3 is 6.09 Å². The van der Waals surface area contributed by atoms with Crippen LogP contribution in [0.3, 0.4) is 0 Å². The summed E-state index contributed by atoms with van der Waals surface area (Å²) in [6, 6.07) is 3.36. The number of nitrogens with zero attached hydrogens (tertiary/aromatic N) is 2. The molecule has 1 aromatic rings. The van der Waals surface area contributed by atoms with Crippen LogP contribution >= 0.6 is 0 Å². The van der Waals surface area contributed by atoms with Crippen molar-refractivity contribution in [1.29, 1.82) is 0 Å². The quantitative estimate of drug-likeness (QED) is 0.666. The molecular weight excluding hydrogens is 220 g/mol. The maximum absolute atomic E-state index is 11.2. The van der Waals surface area contributed by atoms with Gasteiger partial charge in [0.05, 0.1) is 6.04 Å². The minimum Gasteiger partial charge on any atom is -0.465 e. The lowest BCUT2D eigenvalue weighted by atomic mass is 9.98. The van der Waals surface area contributed by atoms with Crippen LogP contribution < -0.4 is 11.1 Å². The SMILES string of the molecule is CC1NCCN(C(=O)O)C1c1ccc(N)nc1. The van der Waals surface area contributed by atoms with Crippen molar-refractivity contribution in [2.24, 2.45) is 0 Å². The van der Waals surface area contributed by atoms with Crippen molar-refractivity contribution in [3.05, 3.63) is 23.9 Å². The van der Waals surface area contributed by atoms with Crippen LogP contribution in [0.2, 0.25) is 0 Å². The van der Waals surface area contributed by atoms with Crippen molar-refractivity contribution in [2.75, 3.05) is 18.8 Å². The molecular formula is C11H16N4O2. The minimum atomic E-state index is -0.903. The number of anilines is 1. The number of piperazine rings is 1. The van der Waals surface area contributed by atoms with Crippen LogP contribution in [0.1, 0.15) is 18.5 Å². The van der Waals surface area contributed by atoms with Crippen molar-refractivity contribution in [1.82, 2.24) is 15.2 Å². The van der Waals surface area contributed by atoms with Crippen LogP contribution in [0.15, 0.2) is 18.3 Å². The topological polar surface area (TPSA) is 91.5 Å². The molecule has 0 saturated carbocycles. The molecule has 2 unspecified atom stereocenters. The van der Waals surface area contributed by atoms with Gasteiger partial charge in [-0.2, -0.15) is 0 Å². The number of rotatable bonds is 1. The number of hydrogen-bond acceptors (Lipinski definition) is 4. The first-order chi connectivity index (χ1) is 8.09. The van der Waals surface area contributed by atoms with Crippen molar-refractivity contribution < 1.29 is 9.90 Å². The number of nitrogens with one attached hydrogen (secondary N) is 1. The Labute approximate surface area is 99.4 Å². The number of hydrogen-bond donors (Lipinski definition) is 3. The molecule has 0 bridgehead atoms. The van der Waals surface area contributed by atoms with Crippen molar-refractivity contribution >= 4 is 11.9 Å². The van der Waals surface area contributed by atoms with Crippen LogP contribution in [-0.2, 0) is 0 Å². The molecule has 0 spiro atoms. The van der Waals surface area contributed by atoms with Gasteiger partial charge in [-0.25, -0.2) is 9.78 Å². The normalized spacial score (nSPS) is 24.6. The lowest BCUT2D eigenvalue weighted by molar-refractivity contribution is 0.0964. The summed E-state index contributed by atoms with van der Waals surface area (Å²) in [5, 5.41) is 12.5. The van der Waals surface area contributed by atoms with Crippen LogP contribution in [0.5, 0.6) is 0 Å². The highest BCUT2D eigenvalue weighted by atomic mass is 16.4. The number of aromatic nitrogens is 1. The van der Waals surface area contributed by atoms with E-state index in [1.54, 1.807) is 12.3 Å². The number of carboxylic acid groups (broad SMARTS) is 1. The van der Waals surface area contributed by atoms with Gasteiger partial charge in [-0.3, -0.25) is 4.90 Å².